The van der Waals surface area contributed by atoms with Gasteiger partial charge >= 0.3 is 0 Å². The van der Waals surface area contributed by atoms with Gasteiger partial charge in [-0.05, 0) is 23.3 Å². The maximum Gasteiger partial charge on any atom is 0.224 e. The van der Waals surface area contributed by atoms with Crippen LogP contribution in [0.3, 0.4) is 0 Å². The highest BCUT2D eigenvalue weighted by molar-refractivity contribution is 5.76. The van der Waals surface area contributed by atoms with Gasteiger partial charge in [0, 0.05) is 38.8 Å². The summed E-state index contributed by atoms with van der Waals surface area (Å²) in [6.45, 7) is 2.13. The normalized spacial score (nSPS) is 10.4. The Morgan fingerprint density at radius 3 is 1.74 bits per heavy atom. The van der Waals surface area contributed by atoms with Crippen LogP contribution in [0.5, 0.6) is 0 Å². The van der Waals surface area contributed by atoms with Crippen LogP contribution in [-0.2, 0) is 17.9 Å². The number of benzene rings is 3. The second-order valence-electron chi connectivity index (χ2n) is 6.73. The maximum atomic E-state index is 12.6. The third kappa shape index (κ3) is 5.71. The highest BCUT2D eigenvalue weighted by atomic mass is 16.2. The van der Waals surface area contributed by atoms with E-state index in [4.69, 9.17) is 0 Å². The molecule has 3 aromatic rings. The van der Waals surface area contributed by atoms with Crippen molar-refractivity contribution < 1.29 is 4.79 Å². The van der Waals surface area contributed by atoms with Gasteiger partial charge in [0.2, 0.25) is 5.91 Å². The summed E-state index contributed by atoms with van der Waals surface area (Å²) in [5.41, 5.74) is 3.53. The van der Waals surface area contributed by atoms with Crippen LogP contribution in [0.2, 0.25) is 0 Å². The standard InChI is InChI=1S/C24H26N2O/c1-25(19-21-11-5-2-6-12-21)24(27)17-18-26(23-15-9-4-10-16-23)20-22-13-7-3-8-14-22/h2-16H,17-20H2,1H3. The molecule has 1 amide bonds. The predicted molar refractivity (Wildman–Crippen MR) is 111 cm³/mol. The molecule has 0 fully saturated rings. The number of amides is 1. The molecule has 3 rings (SSSR count). The molecule has 0 heterocycles. The summed E-state index contributed by atoms with van der Waals surface area (Å²) in [5.74, 6) is 0.160. The van der Waals surface area contributed by atoms with E-state index in [0.29, 0.717) is 19.5 Å². The van der Waals surface area contributed by atoms with Gasteiger partial charge in [-0.2, -0.15) is 0 Å². The van der Waals surface area contributed by atoms with Crippen molar-refractivity contribution in [2.75, 3.05) is 18.5 Å². The van der Waals surface area contributed by atoms with Crippen LogP contribution in [0, 0.1) is 0 Å². The molecule has 0 unspecified atom stereocenters. The number of nitrogens with zero attached hydrogens (tertiary/aromatic N) is 2. The molecule has 0 aliphatic carbocycles. The minimum absolute atomic E-state index is 0.160. The van der Waals surface area contributed by atoms with Gasteiger partial charge in [0.1, 0.15) is 0 Å². The van der Waals surface area contributed by atoms with Crippen LogP contribution in [0.15, 0.2) is 91.0 Å². The molecule has 0 aliphatic heterocycles. The van der Waals surface area contributed by atoms with Crippen molar-refractivity contribution >= 4 is 11.6 Å². The first kappa shape index (κ1) is 18.7. The SMILES string of the molecule is CN(Cc1ccccc1)C(=O)CCN(Cc1ccccc1)c1ccccc1. The summed E-state index contributed by atoms with van der Waals surface area (Å²) in [4.78, 5) is 16.7. The molecule has 0 spiro atoms. The lowest BCUT2D eigenvalue weighted by Crippen LogP contribution is -2.31. The molecule has 0 radical (unpaired) electrons. The van der Waals surface area contributed by atoms with E-state index in [9.17, 15) is 4.79 Å². The van der Waals surface area contributed by atoms with Gasteiger partial charge in [0.05, 0.1) is 0 Å². The fourth-order valence-electron chi connectivity index (χ4n) is 3.11. The van der Waals surface area contributed by atoms with Crippen LogP contribution >= 0.6 is 0 Å². The molecule has 0 saturated carbocycles. The molecule has 3 aromatic carbocycles. The van der Waals surface area contributed by atoms with E-state index in [1.165, 1.54) is 5.56 Å². The molecule has 0 aromatic heterocycles. The van der Waals surface area contributed by atoms with E-state index in [-0.39, 0.29) is 5.91 Å². The van der Waals surface area contributed by atoms with E-state index in [1.54, 1.807) is 4.90 Å². The molecule has 0 bridgehead atoms. The smallest absolute Gasteiger partial charge is 0.224 e. The molecule has 0 N–H and O–H groups in total. The number of rotatable bonds is 8. The topological polar surface area (TPSA) is 23.6 Å². The van der Waals surface area contributed by atoms with E-state index < -0.39 is 0 Å². The van der Waals surface area contributed by atoms with Crippen molar-refractivity contribution in [3.8, 4) is 0 Å². The number of para-hydroxylation sites is 1. The fraction of sp³-hybridized carbons (Fsp3) is 0.208. The lowest BCUT2D eigenvalue weighted by atomic mass is 10.1. The van der Waals surface area contributed by atoms with Crippen molar-refractivity contribution in [1.82, 2.24) is 4.90 Å². The first-order valence-electron chi connectivity index (χ1n) is 9.34. The molecule has 3 nitrogen and oxygen atoms in total. The second-order valence-corrected chi connectivity index (χ2v) is 6.73. The van der Waals surface area contributed by atoms with Gasteiger partial charge < -0.3 is 9.80 Å². The summed E-state index contributed by atoms with van der Waals surface area (Å²) < 4.78 is 0. The summed E-state index contributed by atoms with van der Waals surface area (Å²) >= 11 is 0. The molecule has 0 atom stereocenters. The number of anilines is 1. The quantitative estimate of drug-likeness (QED) is 0.580. The Morgan fingerprint density at radius 1 is 0.704 bits per heavy atom. The molecular weight excluding hydrogens is 332 g/mol. The Bertz CT molecular complexity index is 819. The third-order valence-electron chi connectivity index (χ3n) is 4.62. The molecular formula is C24H26N2O. The predicted octanol–water partition coefficient (Wildman–Crippen LogP) is 4.74. The van der Waals surface area contributed by atoms with Crippen molar-refractivity contribution in [2.45, 2.75) is 19.5 Å². The fourth-order valence-corrected chi connectivity index (χ4v) is 3.11. The monoisotopic (exact) mass is 358 g/mol. The Morgan fingerprint density at radius 2 is 1.19 bits per heavy atom. The largest absolute Gasteiger partial charge is 0.367 e. The maximum absolute atomic E-state index is 12.6. The van der Waals surface area contributed by atoms with E-state index >= 15 is 0 Å². The van der Waals surface area contributed by atoms with Gasteiger partial charge in [-0.3, -0.25) is 4.79 Å². The van der Waals surface area contributed by atoms with Crippen molar-refractivity contribution in [3.05, 3.63) is 102 Å². The van der Waals surface area contributed by atoms with Crippen molar-refractivity contribution in [1.29, 1.82) is 0 Å². The second kappa shape index (κ2) is 9.58. The third-order valence-corrected chi connectivity index (χ3v) is 4.62. The average Bonchev–Trinajstić information content (AvgIpc) is 2.73. The van der Waals surface area contributed by atoms with E-state index in [0.717, 1.165) is 17.8 Å². The summed E-state index contributed by atoms with van der Waals surface area (Å²) in [6.07, 6.45) is 0.491. The van der Waals surface area contributed by atoms with Crippen LogP contribution in [0.4, 0.5) is 5.69 Å². The molecule has 3 heteroatoms. The number of carbonyl (C=O) groups is 1. The molecule has 0 aliphatic rings. The summed E-state index contributed by atoms with van der Waals surface area (Å²) in [6, 6.07) is 30.8. The van der Waals surface area contributed by atoms with Crippen molar-refractivity contribution in [3.63, 3.8) is 0 Å². The highest BCUT2D eigenvalue weighted by Gasteiger charge is 2.13. The zero-order valence-corrected chi connectivity index (χ0v) is 15.8. The van der Waals surface area contributed by atoms with Gasteiger partial charge in [-0.25, -0.2) is 0 Å². The van der Waals surface area contributed by atoms with Crippen molar-refractivity contribution in [2.24, 2.45) is 0 Å². The zero-order chi connectivity index (χ0) is 18.9. The van der Waals surface area contributed by atoms with Gasteiger partial charge in [-0.15, -0.1) is 0 Å². The Kier molecular flexibility index (Phi) is 6.64. The molecule has 138 valence electrons. The van der Waals surface area contributed by atoms with E-state index in [1.807, 2.05) is 49.5 Å². The first-order valence-corrected chi connectivity index (χ1v) is 9.34. The Balaban J connectivity index is 1.62. The number of hydrogen-bond acceptors (Lipinski definition) is 2. The minimum Gasteiger partial charge on any atom is -0.367 e. The zero-order valence-electron chi connectivity index (χ0n) is 15.8. The van der Waals surface area contributed by atoms with Crippen LogP contribution in [0.1, 0.15) is 17.5 Å². The van der Waals surface area contributed by atoms with Crippen LogP contribution in [0.25, 0.3) is 0 Å². The number of hydrogen-bond donors (Lipinski definition) is 0. The van der Waals surface area contributed by atoms with Gasteiger partial charge in [-0.1, -0.05) is 78.9 Å². The lowest BCUT2D eigenvalue weighted by molar-refractivity contribution is -0.130. The Labute approximate surface area is 161 Å². The van der Waals surface area contributed by atoms with Crippen LogP contribution < -0.4 is 4.90 Å². The van der Waals surface area contributed by atoms with Gasteiger partial charge in [0.15, 0.2) is 0 Å². The molecule has 27 heavy (non-hydrogen) atoms. The van der Waals surface area contributed by atoms with Gasteiger partial charge in [0.25, 0.3) is 0 Å². The van der Waals surface area contributed by atoms with Crippen LogP contribution in [-0.4, -0.2) is 24.4 Å². The Hall–Kier alpha value is -3.07. The average molecular weight is 358 g/mol. The minimum atomic E-state index is 0.160. The molecule has 0 saturated heterocycles. The van der Waals surface area contributed by atoms with E-state index in [2.05, 4.69) is 53.4 Å². The highest BCUT2D eigenvalue weighted by Crippen LogP contribution is 2.17. The number of carbonyl (C=O) groups excluding carboxylic acids is 1. The first-order chi connectivity index (χ1) is 13.2. The lowest BCUT2D eigenvalue weighted by Gasteiger charge is -2.26. The summed E-state index contributed by atoms with van der Waals surface area (Å²) in [5, 5.41) is 0. The summed E-state index contributed by atoms with van der Waals surface area (Å²) in [7, 11) is 1.87.